The molecule has 2 N–H and O–H groups in total. The quantitative estimate of drug-likeness (QED) is 0.641. The van der Waals surface area contributed by atoms with Crippen LogP contribution in [-0.2, 0) is 16.4 Å². The van der Waals surface area contributed by atoms with Gasteiger partial charge in [0.1, 0.15) is 0 Å². The number of hydrogen-bond acceptors (Lipinski definition) is 3. The van der Waals surface area contributed by atoms with Gasteiger partial charge in [0.15, 0.2) is 0 Å². The number of carbonyl (C=O) groups excluding carboxylic acids is 1. The number of para-hydroxylation sites is 1. The van der Waals surface area contributed by atoms with E-state index in [-0.39, 0.29) is 16.4 Å². The topological polar surface area (TPSA) is 75.3 Å². The third-order valence-corrected chi connectivity index (χ3v) is 5.91. The molecule has 0 saturated heterocycles. The van der Waals surface area contributed by atoms with E-state index in [1.165, 1.54) is 11.6 Å². The summed E-state index contributed by atoms with van der Waals surface area (Å²) in [5, 5.41) is 2.80. The Labute approximate surface area is 165 Å². The van der Waals surface area contributed by atoms with Crippen molar-refractivity contribution in [2.24, 2.45) is 0 Å². The van der Waals surface area contributed by atoms with E-state index in [1.807, 2.05) is 24.3 Å². The molecule has 6 heteroatoms. The van der Waals surface area contributed by atoms with Crippen molar-refractivity contribution in [3.63, 3.8) is 0 Å². The molecular weight excluding hydrogens is 372 g/mol. The Bertz CT molecular complexity index is 1080. The maximum atomic E-state index is 12.8. The zero-order valence-electron chi connectivity index (χ0n) is 15.8. The fourth-order valence-corrected chi connectivity index (χ4v) is 4.10. The summed E-state index contributed by atoms with van der Waals surface area (Å²) in [6.07, 6.45) is 0.918. The summed E-state index contributed by atoms with van der Waals surface area (Å²) in [5.74, 6) is -0.361. The highest BCUT2D eigenvalue weighted by Crippen LogP contribution is 2.21. The molecule has 0 bridgehead atoms. The van der Waals surface area contributed by atoms with Crippen LogP contribution in [0.2, 0.25) is 0 Å². The number of hydrogen-bond donors (Lipinski definition) is 2. The first-order chi connectivity index (χ1) is 13.4. The Morgan fingerprint density at radius 1 is 0.893 bits per heavy atom. The molecule has 0 spiro atoms. The molecule has 5 nitrogen and oxygen atoms in total. The van der Waals surface area contributed by atoms with Crippen LogP contribution in [0, 0.1) is 6.92 Å². The van der Waals surface area contributed by atoms with Crippen molar-refractivity contribution in [2.75, 3.05) is 10.0 Å². The summed E-state index contributed by atoms with van der Waals surface area (Å²) in [4.78, 5) is 12.7. The van der Waals surface area contributed by atoms with E-state index in [0.29, 0.717) is 16.9 Å². The molecular formula is C22H22N2O3S. The van der Waals surface area contributed by atoms with Crippen molar-refractivity contribution in [2.45, 2.75) is 25.2 Å². The lowest BCUT2D eigenvalue weighted by Crippen LogP contribution is -2.17. The molecule has 0 aliphatic carbocycles. The lowest BCUT2D eigenvalue weighted by molar-refractivity contribution is 0.102. The second-order valence-corrected chi connectivity index (χ2v) is 8.11. The monoisotopic (exact) mass is 394 g/mol. The number of rotatable bonds is 6. The highest BCUT2D eigenvalue weighted by molar-refractivity contribution is 7.92. The first kappa shape index (κ1) is 19.6. The number of nitrogens with one attached hydrogen (secondary N) is 2. The first-order valence-corrected chi connectivity index (χ1v) is 10.5. The Balaban J connectivity index is 1.84. The van der Waals surface area contributed by atoms with Crippen molar-refractivity contribution in [3.05, 3.63) is 89.5 Å². The Hall–Kier alpha value is -3.12. The fraction of sp³-hybridized carbons (Fsp3) is 0.136. The molecule has 0 unspecified atom stereocenters. The minimum absolute atomic E-state index is 0.0744. The summed E-state index contributed by atoms with van der Waals surface area (Å²) in [6, 6.07) is 20.9. The second-order valence-electron chi connectivity index (χ2n) is 6.46. The molecule has 0 saturated carbocycles. The Morgan fingerprint density at radius 2 is 1.57 bits per heavy atom. The number of anilines is 2. The van der Waals surface area contributed by atoms with Gasteiger partial charge in [0.2, 0.25) is 0 Å². The van der Waals surface area contributed by atoms with Gasteiger partial charge in [-0.3, -0.25) is 9.52 Å². The molecule has 28 heavy (non-hydrogen) atoms. The van der Waals surface area contributed by atoms with Crippen molar-refractivity contribution in [1.82, 2.24) is 0 Å². The van der Waals surface area contributed by atoms with Gasteiger partial charge in [-0.1, -0.05) is 43.3 Å². The summed E-state index contributed by atoms with van der Waals surface area (Å²) in [5.41, 5.74) is 3.14. The molecule has 3 aromatic carbocycles. The van der Waals surface area contributed by atoms with E-state index in [9.17, 15) is 13.2 Å². The van der Waals surface area contributed by atoms with E-state index in [1.54, 1.807) is 49.4 Å². The van der Waals surface area contributed by atoms with Crippen molar-refractivity contribution in [1.29, 1.82) is 0 Å². The Kier molecular flexibility index (Phi) is 5.80. The average Bonchev–Trinajstić information content (AvgIpc) is 2.69. The van der Waals surface area contributed by atoms with Gasteiger partial charge in [-0.05, 0) is 60.9 Å². The Morgan fingerprint density at radius 3 is 2.21 bits per heavy atom. The van der Waals surface area contributed by atoms with Gasteiger partial charge >= 0.3 is 0 Å². The van der Waals surface area contributed by atoms with Crippen molar-refractivity contribution < 1.29 is 13.2 Å². The van der Waals surface area contributed by atoms with E-state index in [2.05, 4.69) is 17.0 Å². The number of aryl methyl sites for hydroxylation is 2. The highest BCUT2D eigenvalue weighted by atomic mass is 32.2. The molecule has 0 atom stereocenters. The van der Waals surface area contributed by atoms with Gasteiger partial charge in [-0.2, -0.15) is 0 Å². The van der Waals surface area contributed by atoms with Crippen molar-refractivity contribution >= 4 is 27.3 Å². The van der Waals surface area contributed by atoms with Gasteiger partial charge in [0.05, 0.1) is 4.90 Å². The first-order valence-electron chi connectivity index (χ1n) is 8.98. The standard InChI is InChI=1S/C22H22N2O3S/c1-3-17-10-13-19(14-11-17)23-22(25)18-12-9-16(2)21(15-18)28(26,27)24-20-7-5-4-6-8-20/h4-15,24H,3H2,1-2H3,(H,23,25). The SMILES string of the molecule is CCc1ccc(NC(=O)c2ccc(C)c(S(=O)(=O)Nc3ccccc3)c2)cc1. The molecule has 0 radical (unpaired) electrons. The van der Waals surface area contributed by atoms with Crippen LogP contribution < -0.4 is 10.0 Å². The zero-order chi connectivity index (χ0) is 20.1. The van der Waals surface area contributed by atoms with Crippen LogP contribution >= 0.6 is 0 Å². The molecule has 3 rings (SSSR count). The molecule has 0 heterocycles. The smallest absolute Gasteiger partial charge is 0.262 e. The summed E-state index contributed by atoms with van der Waals surface area (Å²) < 4.78 is 28.1. The van der Waals surface area contributed by atoms with Gasteiger partial charge in [-0.25, -0.2) is 8.42 Å². The van der Waals surface area contributed by atoms with Crippen LogP contribution in [0.15, 0.2) is 77.7 Å². The van der Waals surface area contributed by atoms with Crippen LogP contribution in [-0.4, -0.2) is 14.3 Å². The van der Waals surface area contributed by atoms with E-state index in [4.69, 9.17) is 0 Å². The van der Waals surface area contributed by atoms with Gasteiger partial charge in [0.25, 0.3) is 15.9 Å². The lowest BCUT2D eigenvalue weighted by atomic mass is 10.1. The highest BCUT2D eigenvalue weighted by Gasteiger charge is 2.19. The maximum absolute atomic E-state index is 12.8. The van der Waals surface area contributed by atoms with Gasteiger partial charge in [0, 0.05) is 16.9 Å². The number of carbonyl (C=O) groups is 1. The summed E-state index contributed by atoms with van der Waals surface area (Å²) in [6.45, 7) is 3.76. The van der Waals surface area contributed by atoms with Crippen LogP contribution in [0.5, 0.6) is 0 Å². The van der Waals surface area contributed by atoms with E-state index >= 15 is 0 Å². The summed E-state index contributed by atoms with van der Waals surface area (Å²) in [7, 11) is -3.81. The predicted octanol–water partition coefficient (Wildman–Crippen LogP) is 4.61. The van der Waals surface area contributed by atoms with E-state index < -0.39 is 10.0 Å². The number of benzene rings is 3. The minimum atomic E-state index is -3.81. The zero-order valence-corrected chi connectivity index (χ0v) is 16.6. The summed E-state index contributed by atoms with van der Waals surface area (Å²) >= 11 is 0. The molecule has 0 aliphatic rings. The molecule has 0 aliphatic heterocycles. The largest absolute Gasteiger partial charge is 0.322 e. The minimum Gasteiger partial charge on any atom is -0.322 e. The van der Waals surface area contributed by atoms with E-state index in [0.717, 1.165) is 6.42 Å². The van der Waals surface area contributed by atoms with Crippen molar-refractivity contribution in [3.8, 4) is 0 Å². The molecule has 0 aromatic heterocycles. The average molecular weight is 394 g/mol. The van der Waals surface area contributed by atoms with Crippen LogP contribution in [0.1, 0.15) is 28.4 Å². The van der Waals surface area contributed by atoms with Gasteiger partial charge in [-0.15, -0.1) is 0 Å². The predicted molar refractivity (Wildman–Crippen MR) is 112 cm³/mol. The fourth-order valence-electron chi connectivity index (χ4n) is 2.77. The molecule has 3 aromatic rings. The number of amides is 1. The van der Waals surface area contributed by atoms with Crippen LogP contribution in [0.4, 0.5) is 11.4 Å². The molecule has 1 amide bonds. The molecule has 0 fully saturated rings. The lowest BCUT2D eigenvalue weighted by Gasteiger charge is -2.12. The molecule has 144 valence electrons. The van der Waals surface area contributed by atoms with Gasteiger partial charge < -0.3 is 5.32 Å². The maximum Gasteiger partial charge on any atom is 0.262 e. The van der Waals surface area contributed by atoms with Crippen LogP contribution in [0.25, 0.3) is 0 Å². The van der Waals surface area contributed by atoms with Crippen LogP contribution in [0.3, 0.4) is 0 Å². The normalized spacial score (nSPS) is 11.1. The number of sulfonamides is 1. The second kappa shape index (κ2) is 8.27. The third kappa shape index (κ3) is 4.58. The third-order valence-electron chi connectivity index (χ3n) is 4.39.